The van der Waals surface area contributed by atoms with E-state index in [1.807, 2.05) is 31.2 Å². The summed E-state index contributed by atoms with van der Waals surface area (Å²) in [6, 6.07) is 14.2. The van der Waals surface area contributed by atoms with Gasteiger partial charge in [-0.1, -0.05) is 40.2 Å². The van der Waals surface area contributed by atoms with Crippen LogP contribution in [0.15, 0.2) is 53.0 Å². The molecule has 3 rings (SSSR count). The number of amides is 3. The van der Waals surface area contributed by atoms with Crippen LogP contribution in [-0.2, 0) is 6.54 Å². The maximum Gasteiger partial charge on any atom is 0.312 e. The number of nitrogens with two attached hydrogens (primary N) is 1. The van der Waals surface area contributed by atoms with Gasteiger partial charge in [-0.25, -0.2) is 9.78 Å². The summed E-state index contributed by atoms with van der Waals surface area (Å²) < 4.78 is 1.00. The maximum atomic E-state index is 12.5. The topological polar surface area (TPSA) is 97.1 Å². The zero-order valence-corrected chi connectivity index (χ0v) is 16.9. The highest BCUT2D eigenvalue weighted by molar-refractivity contribution is 9.10. The largest absolute Gasteiger partial charge is 0.352 e. The number of halogens is 1. The van der Waals surface area contributed by atoms with E-state index in [0.717, 1.165) is 26.2 Å². The minimum atomic E-state index is -0.586. The van der Waals surface area contributed by atoms with Gasteiger partial charge in [-0.2, -0.15) is 0 Å². The van der Waals surface area contributed by atoms with Crippen molar-refractivity contribution in [3.8, 4) is 11.3 Å². The van der Waals surface area contributed by atoms with Crippen molar-refractivity contribution in [1.29, 1.82) is 0 Å². The molecule has 0 aliphatic carbocycles. The third-order valence-corrected chi connectivity index (χ3v) is 5.23. The number of hydrogen-bond donors (Lipinski definition) is 3. The molecule has 0 bridgehead atoms. The van der Waals surface area contributed by atoms with E-state index in [1.165, 1.54) is 11.3 Å². The molecule has 6 nitrogen and oxygen atoms in total. The smallest absolute Gasteiger partial charge is 0.312 e. The monoisotopic (exact) mass is 444 g/mol. The number of thiazole rings is 1. The average molecular weight is 445 g/mol. The van der Waals surface area contributed by atoms with E-state index in [1.54, 1.807) is 24.3 Å². The predicted octanol–water partition coefficient (Wildman–Crippen LogP) is 4.30. The first kappa shape index (κ1) is 19.1. The first-order valence-corrected chi connectivity index (χ1v) is 9.70. The highest BCUT2D eigenvalue weighted by Gasteiger charge is 2.13. The lowest BCUT2D eigenvalue weighted by molar-refractivity contribution is 0.102. The lowest BCUT2D eigenvalue weighted by atomic mass is 10.1. The molecule has 0 fully saturated rings. The van der Waals surface area contributed by atoms with E-state index in [-0.39, 0.29) is 5.91 Å². The highest BCUT2D eigenvalue weighted by Crippen LogP contribution is 2.31. The van der Waals surface area contributed by atoms with Crippen LogP contribution in [0.1, 0.15) is 20.8 Å². The third kappa shape index (κ3) is 4.93. The number of aromatic nitrogens is 1. The van der Waals surface area contributed by atoms with Crippen LogP contribution in [0, 0.1) is 6.92 Å². The molecule has 2 aromatic carbocycles. The molecule has 0 unspecified atom stereocenters. The summed E-state index contributed by atoms with van der Waals surface area (Å²) in [5, 5.41) is 5.90. The summed E-state index contributed by atoms with van der Waals surface area (Å²) in [6.07, 6.45) is 0. The number of urea groups is 1. The van der Waals surface area contributed by atoms with Gasteiger partial charge in [0.25, 0.3) is 5.91 Å². The SMILES string of the molecule is Cc1sc(NC(=O)c2ccc(CNC(N)=O)cc2)nc1-c1ccc(Br)cc1. The second-order valence-corrected chi connectivity index (χ2v) is 7.92. The van der Waals surface area contributed by atoms with Crippen LogP contribution in [0.5, 0.6) is 0 Å². The number of benzene rings is 2. The van der Waals surface area contributed by atoms with E-state index in [2.05, 4.69) is 31.5 Å². The summed E-state index contributed by atoms with van der Waals surface area (Å²) in [6.45, 7) is 2.30. The Morgan fingerprint density at radius 2 is 1.78 bits per heavy atom. The summed E-state index contributed by atoms with van der Waals surface area (Å²) >= 11 is 4.86. The van der Waals surface area contributed by atoms with Crippen molar-refractivity contribution in [2.45, 2.75) is 13.5 Å². The molecular weight excluding hydrogens is 428 g/mol. The summed E-state index contributed by atoms with van der Waals surface area (Å²) in [7, 11) is 0. The Morgan fingerprint density at radius 1 is 1.11 bits per heavy atom. The van der Waals surface area contributed by atoms with Gasteiger partial charge in [0, 0.05) is 27.0 Å². The third-order valence-electron chi connectivity index (χ3n) is 3.82. The molecule has 1 heterocycles. The Morgan fingerprint density at radius 3 is 2.41 bits per heavy atom. The van der Waals surface area contributed by atoms with Crippen LogP contribution in [0.2, 0.25) is 0 Å². The van der Waals surface area contributed by atoms with Gasteiger partial charge in [0.05, 0.1) is 5.69 Å². The number of primary amides is 1. The number of nitrogens with zero attached hydrogens (tertiary/aromatic N) is 1. The van der Waals surface area contributed by atoms with E-state index >= 15 is 0 Å². The molecule has 0 saturated heterocycles. The normalized spacial score (nSPS) is 10.4. The van der Waals surface area contributed by atoms with Crippen molar-refractivity contribution >= 4 is 44.3 Å². The second kappa shape index (κ2) is 8.32. The molecule has 0 radical (unpaired) electrons. The molecule has 0 saturated carbocycles. The Balaban J connectivity index is 1.70. The molecule has 138 valence electrons. The number of rotatable bonds is 5. The van der Waals surface area contributed by atoms with Gasteiger partial charge in [0.1, 0.15) is 0 Å². The summed E-state index contributed by atoms with van der Waals surface area (Å²) in [5.74, 6) is -0.236. The van der Waals surface area contributed by atoms with Gasteiger partial charge >= 0.3 is 6.03 Å². The van der Waals surface area contributed by atoms with Crippen LogP contribution in [0.3, 0.4) is 0 Å². The minimum absolute atomic E-state index is 0.236. The molecule has 0 aliphatic rings. The lowest BCUT2D eigenvalue weighted by Gasteiger charge is -2.05. The number of carbonyl (C=O) groups excluding carboxylic acids is 2. The lowest BCUT2D eigenvalue weighted by Crippen LogP contribution is -2.28. The predicted molar refractivity (Wildman–Crippen MR) is 111 cm³/mol. The van der Waals surface area contributed by atoms with Crippen molar-refractivity contribution in [2.75, 3.05) is 5.32 Å². The first-order valence-electron chi connectivity index (χ1n) is 8.09. The fourth-order valence-corrected chi connectivity index (χ4v) is 3.55. The number of aryl methyl sites for hydroxylation is 1. The Labute approximate surface area is 168 Å². The zero-order valence-electron chi connectivity index (χ0n) is 14.5. The second-order valence-electron chi connectivity index (χ2n) is 5.80. The summed E-state index contributed by atoms with van der Waals surface area (Å²) in [5.41, 5.74) is 8.27. The molecule has 0 aliphatic heterocycles. The van der Waals surface area contributed by atoms with Crippen LogP contribution < -0.4 is 16.4 Å². The molecule has 3 amide bonds. The number of nitrogens with one attached hydrogen (secondary N) is 2. The van der Waals surface area contributed by atoms with E-state index in [4.69, 9.17) is 5.73 Å². The van der Waals surface area contributed by atoms with Crippen LogP contribution in [0.25, 0.3) is 11.3 Å². The maximum absolute atomic E-state index is 12.5. The quantitative estimate of drug-likeness (QED) is 0.546. The Bertz CT molecular complexity index is 968. The standard InChI is InChI=1S/C19H17BrN4O2S/c1-11-16(13-6-8-15(20)9-7-13)23-19(27-11)24-17(25)14-4-2-12(3-5-14)10-22-18(21)26/h2-9H,10H2,1H3,(H3,21,22,26)(H,23,24,25). The molecule has 0 spiro atoms. The van der Waals surface area contributed by atoms with E-state index in [9.17, 15) is 9.59 Å². The molecule has 3 aromatic rings. The highest BCUT2D eigenvalue weighted by atomic mass is 79.9. The molecule has 4 N–H and O–H groups in total. The van der Waals surface area contributed by atoms with Crippen LogP contribution in [0.4, 0.5) is 9.93 Å². The van der Waals surface area contributed by atoms with E-state index in [0.29, 0.717) is 17.2 Å². The van der Waals surface area contributed by atoms with Crippen LogP contribution >= 0.6 is 27.3 Å². The first-order chi connectivity index (χ1) is 12.9. The van der Waals surface area contributed by atoms with Gasteiger partial charge in [-0.15, -0.1) is 11.3 Å². The molecule has 27 heavy (non-hydrogen) atoms. The van der Waals surface area contributed by atoms with Crippen molar-refractivity contribution in [2.24, 2.45) is 5.73 Å². The van der Waals surface area contributed by atoms with Gasteiger partial charge in [0.15, 0.2) is 5.13 Å². The zero-order chi connectivity index (χ0) is 19.4. The van der Waals surface area contributed by atoms with Gasteiger partial charge in [-0.3, -0.25) is 10.1 Å². The minimum Gasteiger partial charge on any atom is -0.352 e. The number of hydrogen-bond acceptors (Lipinski definition) is 4. The van der Waals surface area contributed by atoms with Gasteiger partial charge in [-0.05, 0) is 36.8 Å². The van der Waals surface area contributed by atoms with E-state index < -0.39 is 6.03 Å². The average Bonchev–Trinajstić information content (AvgIpc) is 3.01. The van der Waals surface area contributed by atoms with Gasteiger partial charge < -0.3 is 11.1 Å². The Kier molecular flexibility index (Phi) is 5.88. The summed E-state index contributed by atoms with van der Waals surface area (Å²) in [4.78, 5) is 28.8. The van der Waals surface area contributed by atoms with Crippen molar-refractivity contribution < 1.29 is 9.59 Å². The van der Waals surface area contributed by atoms with Crippen molar-refractivity contribution in [1.82, 2.24) is 10.3 Å². The van der Waals surface area contributed by atoms with Crippen molar-refractivity contribution in [3.63, 3.8) is 0 Å². The number of carbonyl (C=O) groups is 2. The fourth-order valence-electron chi connectivity index (χ4n) is 2.46. The van der Waals surface area contributed by atoms with Gasteiger partial charge in [0.2, 0.25) is 0 Å². The fraction of sp³-hybridized carbons (Fsp3) is 0.105. The Hall–Kier alpha value is -2.71. The molecular formula is C19H17BrN4O2S. The van der Waals surface area contributed by atoms with Crippen LogP contribution in [-0.4, -0.2) is 16.9 Å². The molecule has 8 heteroatoms. The molecule has 1 aromatic heterocycles. The number of anilines is 1. The molecule has 0 atom stereocenters. The van der Waals surface area contributed by atoms with Crippen molar-refractivity contribution in [3.05, 3.63) is 69.0 Å².